The molecule has 0 atom stereocenters. The van der Waals surface area contributed by atoms with Gasteiger partial charge in [0.05, 0.1) is 0 Å². The molecule has 1 rings (SSSR count). The Morgan fingerprint density at radius 3 is 3.00 bits per heavy atom. The third-order valence-corrected chi connectivity index (χ3v) is 1.53. The molecule has 50 valence electrons. The van der Waals surface area contributed by atoms with Gasteiger partial charge in [-0.1, -0.05) is 23.8 Å². The molecule has 0 aliphatic heterocycles. The minimum absolute atomic E-state index is 0.291. The fourth-order valence-corrected chi connectivity index (χ4v) is 1.00. The van der Waals surface area contributed by atoms with Gasteiger partial charge < -0.3 is 5.11 Å². The van der Waals surface area contributed by atoms with E-state index in [-0.39, 0.29) is 0 Å². The van der Waals surface area contributed by atoms with Crippen LogP contribution in [0.4, 0.5) is 0 Å². The maximum Gasteiger partial charge on any atom is 0.0468 e. The van der Waals surface area contributed by atoms with Crippen molar-refractivity contribution < 1.29 is 5.11 Å². The lowest BCUT2D eigenvalue weighted by Gasteiger charge is -2.05. The number of hydrogen-bond donors (Lipinski definition) is 1. The highest BCUT2D eigenvalue weighted by atomic mass is 16.2. The van der Waals surface area contributed by atoms with E-state index >= 15 is 0 Å². The van der Waals surface area contributed by atoms with Crippen LogP contribution in [0.5, 0.6) is 0 Å². The summed E-state index contributed by atoms with van der Waals surface area (Å²) in [7, 11) is 0. The molecule has 0 saturated carbocycles. The summed E-state index contributed by atoms with van der Waals surface area (Å²) in [6.07, 6.45) is 9.45. The molecule has 0 unspecified atom stereocenters. The molecule has 1 heteroatoms. The molecule has 1 nitrogen and oxygen atoms in total. The van der Waals surface area contributed by atoms with Gasteiger partial charge in [0.2, 0.25) is 0 Å². The minimum atomic E-state index is 0.291. The van der Waals surface area contributed by atoms with E-state index in [2.05, 4.69) is 18.2 Å². The Labute approximate surface area is 55.7 Å². The Morgan fingerprint density at radius 2 is 2.44 bits per heavy atom. The fourth-order valence-electron chi connectivity index (χ4n) is 1.00. The number of allylic oxidation sites excluding steroid dienone is 3. The van der Waals surface area contributed by atoms with E-state index in [1.807, 2.05) is 0 Å². The molecule has 0 saturated heterocycles. The van der Waals surface area contributed by atoms with E-state index in [0.29, 0.717) is 6.61 Å². The molecule has 0 aromatic rings. The smallest absolute Gasteiger partial charge is 0.0468 e. The second kappa shape index (κ2) is 3.46. The molecule has 0 radical (unpaired) electrons. The first-order chi connectivity index (χ1) is 4.43. The normalized spacial score (nSPS) is 17.7. The van der Waals surface area contributed by atoms with Crippen LogP contribution in [0.15, 0.2) is 23.8 Å². The molecular formula is C8H12O. The summed E-state index contributed by atoms with van der Waals surface area (Å²) in [6, 6.07) is 0. The molecular weight excluding hydrogens is 112 g/mol. The van der Waals surface area contributed by atoms with E-state index in [1.165, 1.54) is 5.57 Å². The molecule has 0 amide bonds. The average Bonchev–Trinajstić information content (AvgIpc) is 1.91. The quantitative estimate of drug-likeness (QED) is 0.593. The zero-order valence-electron chi connectivity index (χ0n) is 5.51. The van der Waals surface area contributed by atoms with E-state index in [1.54, 1.807) is 0 Å². The second-order valence-corrected chi connectivity index (χ2v) is 2.27. The van der Waals surface area contributed by atoms with E-state index in [0.717, 1.165) is 19.3 Å². The first kappa shape index (κ1) is 6.56. The van der Waals surface area contributed by atoms with Crippen molar-refractivity contribution in [2.45, 2.75) is 19.3 Å². The molecule has 0 aromatic carbocycles. The summed E-state index contributed by atoms with van der Waals surface area (Å²) in [5.74, 6) is 0. The molecule has 0 heterocycles. The number of rotatable bonds is 2. The van der Waals surface area contributed by atoms with Crippen LogP contribution in [0.1, 0.15) is 19.3 Å². The monoisotopic (exact) mass is 124 g/mol. The lowest BCUT2D eigenvalue weighted by Crippen LogP contribution is -1.90. The number of hydrogen-bond acceptors (Lipinski definition) is 1. The SMILES string of the molecule is OCCC1=CC=CCC1. The van der Waals surface area contributed by atoms with Crippen LogP contribution in [-0.2, 0) is 0 Å². The van der Waals surface area contributed by atoms with Crippen molar-refractivity contribution in [3.63, 3.8) is 0 Å². The minimum Gasteiger partial charge on any atom is -0.396 e. The summed E-state index contributed by atoms with van der Waals surface area (Å²) in [6.45, 7) is 0.291. The number of aliphatic hydroxyl groups excluding tert-OH is 1. The standard InChI is InChI=1S/C8H12O/c9-7-6-8-4-2-1-3-5-8/h1-2,4,9H,3,5-7H2. The molecule has 0 spiro atoms. The van der Waals surface area contributed by atoms with Crippen LogP contribution >= 0.6 is 0 Å². The molecule has 9 heavy (non-hydrogen) atoms. The summed E-state index contributed by atoms with van der Waals surface area (Å²) in [5.41, 5.74) is 1.38. The first-order valence-corrected chi connectivity index (χ1v) is 3.39. The van der Waals surface area contributed by atoms with Gasteiger partial charge in [0.1, 0.15) is 0 Å². The largest absolute Gasteiger partial charge is 0.396 e. The zero-order valence-corrected chi connectivity index (χ0v) is 5.51. The summed E-state index contributed by atoms with van der Waals surface area (Å²) in [4.78, 5) is 0. The molecule has 0 fully saturated rings. The molecule has 0 aromatic heterocycles. The van der Waals surface area contributed by atoms with Crippen molar-refractivity contribution >= 4 is 0 Å². The Kier molecular flexibility index (Phi) is 2.52. The fraction of sp³-hybridized carbons (Fsp3) is 0.500. The maximum absolute atomic E-state index is 8.55. The van der Waals surface area contributed by atoms with Crippen molar-refractivity contribution in [2.75, 3.05) is 6.61 Å². The molecule has 1 aliphatic rings. The van der Waals surface area contributed by atoms with Crippen LogP contribution in [0.3, 0.4) is 0 Å². The Balaban J connectivity index is 2.38. The molecule has 1 aliphatic carbocycles. The van der Waals surface area contributed by atoms with Crippen LogP contribution in [0, 0.1) is 0 Å². The van der Waals surface area contributed by atoms with Gasteiger partial charge in [0, 0.05) is 6.61 Å². The van der Waals surface area contributed by atoms with Crippen LogP contribution in [0.25, 0.3) is 0 Å². The third kappa shape index (κ3) is 2.02. The maximum atomic E-state index is 8.55. The molecule has 0 bridgehead atoms. The van der Waals surface area contributed by atoms with Crippen molar-refractivity contribution in [1.29, 1.82) is 0 Å². The lowest BCUT2D eigenvalue weighted by molar-refractivity contribution is 0.298. The molecule has 1 N–H and O–H groups in total. The lowest BCUT2D eigenvalue weighted by atomic mass is 10.0. The zero-order chi connectivity index (χ0) is 6.53. The van der Waals surface area contributed by atoms with Gasteiger partial charge >= 0.3 is 0 Å². The summed E-state index contributed by atoms with van der Waals surface area (Å²) < 4.78 is 0. The van der Waals surface area contributed by atoms with Crippen LogP contribution < -0.4 is 0 Å². The van der Waals surface area contributed by atoms with Crippen molar-refractivity contribution in [3.8, 4) is 0 Å². The van der Waals surface area contributed by atoms with E-state index in [9.17, 15) is 0 Å². The first-order valence-electron chi connectivity index (χ1n) is 3.39. The average molecular weight is 124 g/mol. The van der Waals surface area contributed by atoms with Gasteiger partial charge in [-0.2, -0.15) is 0 Å². The second-order valence-electron chi connectivity index (χ2n) is 2.27. The summed E-state index contributed by atoms with van der Waals surface area (Å²) in [5, 5.41) is 8.55. The van der Waals surface area contributed by atoms with Gasteiger partial charge in [-0.15, -0.1) is 0 Å². The van der Waals surface area contributed by atoms with Gasteiger partial charge in [-0.05, 0) is 19.3 Å². The van der Waals surface area contributed by atoms with Gasteiger partial charge in [-0.3, -0.25) is 0 Å². The van der Waals surface area contributed by atoms with Crippen molar-refractivity contribution in [3.05, 3.63) is 23.8 Å². The summed E-state index contributed by atoms with van der Waals surface area (Å²) >= 11 is 0. The van der Waals surface area contributed by atoms with E-state index < -0.39 is 0 Å². The predicted molar refractivity (Wildman–Crippen MR) is 38.2 cm³/mol. The van der Waals surface area contributed by atoms with Gasteiger partial charge in [-0.25, -0.2) is 0 Å². The van der Waals surface area contributed by atoms with E-state index in [4.69, 9.17) is 5.11 Å². The van der Waals surface area contributed by atoms with Crippen molar-refractivity contribution in [1.82, 2.24) is 0 Å². The Morgan fingerprint density at radius 1 is 1.56 bits per heavy atom. The predicted octanol–water partition coefficient (Wildman–Crippen LogP) is 1.65. The number of aliphatic hydroxyl groups is 1. The van der Waals surface area contributed by atoms with Crippen molar-refractivity contribution in [2.24, 2.45) is 0 Å². The van der Waals surface area contributed by atoms with Gasteiger partial charge in [0.15, 0.2) is 0 Å². The highest BCUT2D eigenvalue weighted by molar-refractivity contribution is 5.17. The Bertz CT molecular complexity index is 134. The topological polar surface area (TPSA) is 20.2 Å². The van der Waals surface area contributed by atoms with Crippen LogP contribution in [0.2, 0.25) is 0 Å². The van der Waals surface area contributed by atoms with Gasteiger partial charge in [0.25, 0.3) is 0 Å². The highest BCUT2D eigenvalue weighted by Crippen LogP contribution is 2.13. The third-order valence-electron chi connectivity index (χ3n) is 1.53. The highest BCUT2D eigenvalue weighted by Gasteiger charge is 1.96. The van der Waals surface area contributed by atoms with Crippen LogP contribution in [-0.4, -0.2) is 11.7 Å². The Hall–Kier alpha value is -0.560.